The van der Waals surface area contributed by atoms with Crippen molar-refractivity contribution < 1.29 is 19.8 Å². The van der Waals surface area contributed by atoms with Crippen LogP contribution in [0.25, 0.3) is 10.8 Å². The first-order valence-corrected chi connectivity index (χ1v) is 14.1. The lowest BCUT2D eigenvalue weighted by atomic mass is 9.78. The molecular weight excluding hydrogens is 436 g/mol. The zero-order valence-corrected chi connectivity index (χ0v) is 22.4. The number of carboxylic acids is 2. The summed E-state index contributed by atoms with van der Waals surface area (Å²) >= 11 is 0. The summed E-state index contributed by atoms with van der Waals surface area (Å²) in [5, 5.41) is 22.0. The third-order valence-electron chi connectivity index (χ3n) is 7.48. The fraction of sp³-hybridized carbons (Fsp3) is 0.613. The van der Waals surface area contributed by atoms with E-state index in [-0.39, 0.29) is 11.8 Å². The number of benzene rings is 2. The summed E-state index contributed by atoms with van der Waals surface area (Å²) in [5.41, 5.74) is 2.63. The second kappa shape index (κ2) is 14.9. The van der Waals surface area contributed by atoms with Crippen molar-refractivity contribution in [2.24, 2.45) is 0 Å². The second-order valence-corrected chi connectivity index (χ2v) is 9.78. The van der Waals surface area contributed by atoms with Crippen LogP contribution in [0.4, 0.5) is 0 Å². The fourth-order valence-electron chi connectivity index (χ4n) is 5.78. The van der Waals surface area contributed by atoms with Crippen LogP contribution in [0.5, 0.6) is 0 Å². The maximum absolute atomic E-state index is 12.3. The van der Waals surface area contributed by atoms with Gasteiger partial charge in [-0.25, -0.2) is 9.59 Å². The summed E-state index contributed by atoms with van der Waals surface area (Å²) in [6, 6.07) is 7.25. The lowest BCUT2D eigenvalue weighted by Gasteiger charge is -2.26. The predicted octanol–water partition coefficient (Wildman–Crippen LogP) is 9.55. The number of carboxylic acid groups (broad SMARTS) is 2. The Morgan fingerprint density at radius 1 is 0.771 bits per heavy atom. The lowest BCUT2D eigenvalue weighted by Crippen LogP contribution is -2.13. The van der Waals surface area contributed by atoms with E-state index in [1.165, 1.54) is 19.3 Å². The normalized spacial score (nSPS) is 14.8. The third kappa shape index (κ3) is 7.32. The average molecular weight is 483 g/mol. The van der Waals surface area contributed by atoms with Crippen LogP contribution in [0.15, 0.2) is 24.3 Å². The highest BCUT2D eigenvalue weighted by Gasteiger charge is 2.27. The highest BCUT2D eigenvalue weighted by molar-refractivity contribution is 6.03. The molecular formula is C31H46O4. The molecule has 4 nitrogen and oxygen atoms in total. The molecule has 3 rings (SSSR count). The van der Waals surface area contributed by atoms with E-state index in [4.69, 9.17) is 0 Å². The van der Waals surface area contributed by atoms with E-state index >= 15 is 0 Å². The van der Waals surface area contributed by atoms with E-state index in [1.807, 2.05) is 26.0 Å². The van der Waals surface area contributed by atoms with Gasteiger partial charge < -0.3 is 10.2 Å². The molecule has 1 saturated carbocycles. The summed E-state index contributed by atoms with van der Waals surface area (Å²) in [4.78, 5) is 24.5. The topological polar surface area (TPSA) is 74.6 Å². The first-order chi connectivity index (χ1) is 17.0. The van der Waals surface area contributed by atoms with Crippen LogP contribution >= 0.6 is 0 Å². The van der Waals surface area contributed by atoms with Gasteiger partial charge in [0.2, 0.25) is 0 Å². The maximum Gasteiger partial charge on any atom is 0.335 e. The number of fused-ring (bicyclic) bond motifs is 1. The largest absolute Gasteiger partial charge is 0.478 e. The van der Waals surface area contributed by atoms with Gasteiger partial charge in [-0.1, -0.05) is 97.6 Å². The summed E-state index contributed by atoms with van der Waals surface area (Å²) in [5.74, 6) is -1.38. The minimum atomic E-state index is -0.889. The van der Waals surface area contributed by atoms with Crippen molar-refractivity contribution in [3.8, 4) is 0 Å². The average Bonchev–Trinajstić information content (AvgIpc) is 2.84. The van der Waals surface area contributed by atoms with Gasteiger partial charge in [-0.2, -0.15) is 0 Å². The Morgan fingerprint density at radius 3 is 1.77 bits per heavy atom. The summed E-state index contributed by atoms with van der Waals surface area (Å²) in [6.45, 7) is 8.34. The van der Waals surface area contributed by atoms with Gasteiger partial charge >= 0.3 is 11.9 Å². The van der Waals surface area contributed by atoms with Crippen molar-refractivity contribution in [3.05, 3.63) is 46.5 Å². The first kappa shape index (κ1) is 28.9. The second-order valence-electron chi connectivity index (χ2n) is 9.78. The third-order valence-corrected chi connectivity index (χ3v) is 7.48. The smallest absolute Gasteiger partial charge is 0.335 e. The molecule has 35 heavy (non-hydrogen) atoms. The predicted molar refractivity (Wildman–Crippen MR) is 146 cm³/mol. The number of hydrogen-bond donors (Lipinski definition) is 2. The molecule has 0 bridgehead atoms. The van der Waals surface area contributed by atoms with Crippen molar-refractivity contribution >= 4 is 22.7 Å². The Bertz CT molecular complexity index is 946. The Labute approximate surface area is 212 Å². The minimum Gasteiger partial charge on any atom is -0.478 e. The van der Waals surface area contributed by atoms with E-state index in [9.17, 15) is 19.8 Å². The van der Waals surface area contributed by atoms with E-state index < -0.39 is 11.9 Å². The van der Waals surface area contributed by atoms with Crippen molar-refractivity contribution in [3.63, 3.8) is 0 Å². The fourth-order valence-corrected chi connectivity index (χ4v) is 5.78. The van der Waals surface area contributed by atoms with Crippen LogP contribution in [0.2, 0.25) is 0 Å². The number of unbranched alkanes of at least 4 members (excludes halogenated alkanes) is 2. The van der Waals surface area contributed by atoms with Crippen molar-refractivity contribution in [1.82, 2.24) is 0 Å². The molecule has 1 aliphatic rings. The molecule has 0 spiro atoms. The zero-order chi connectivity index (χ0) is 25.8. The maximum atomic E-state index is 12.3. The van der Waals surface area contributed by atoms with Gasteiger partial charge in [0, 0.05) is 0 Å². The van der Waals surface area contributed by atoms with Gasteiger partial charge in [0.05, 0.1) is 11.1 Å². The first-order valence-electron chi connectivity index (χ1n) is 14.1. The zero-order valence-electron chi connectivity index (χ0n) is 22.4. The van der Waals surface area contributed by atoms with Crippen LogP contribution in [0, 0.1) is 0 Å². The molecule has 0 saturated heterocycles. The van der Waals surface area contributed by atoms with Gasteiger partial charge in [-0.15, -0.1) is 0 Å². The molecule has 2 N–H and O–H groups in total. The van der Waals surface area contributed by atoms with E-state index in [1.54, 1.807) is 12.1 Å². The molecule has 0 amide bonds. The van der Waals surface area contributed by atoms with Crippen molar-refractivity contribution in [1.29, 1.82) is 0 Å². The number of hydrogen-bond acceptors (Lipinski definition) is 2. The summed E-state index contributed by atoms with van der Waals surface area (Å²) in [7, 11) is 0. The highest BCUT2D eigenvalue weighted by atomic mass is 16.4. The van der Waals surface area contributed by atoms with Gasteiger partial charge in [-0.3, -0.25) is 0 Å². The van der Waals surface area contributed by atoms with E-state index in [0.29, 0.717) is 11.1 Å². The van der Waals surface area contributed by atoms with Crippen molar-refractivity contribution in [2.75, 3.05) is 0 Å². The van der Waals surface area contributed by atoms with Crippen LogP contribution < -0.4 is 0 Å². The molecule has 1 aliphatic carbocycles. The van der Waals surface area contributed by atoms with Crippen LogP contribution in [-0.4, -0.2) is 22.2 Å². The standard InChI is InChI=1S/C29H40O4.C2H6/c1-3-5-12-20(13-6-4-2)26-22-16-19-25(29(32)33)27(21-14-10-8-7-9-11-15-21)23(22)17-18-24(26)28(30)31;1-2/h16-21H,3-15H2,1-2H3,(H,30,31)(H,32,33);1-2H3. The molecule has 0 heterocycles. The van der Waals surface area contributed by atoms with Crippen molar-refractivity contribution in [2.45, 2.75) is 123 Å². The van der Waals surface area contributed by atoms with Gasteiger partial charge in [0.15, 0.2) is 0 Å². The van der Waals surface area contributed by atoms with E-state index in [0.717, 1.165) is 86.1 Å². The van der Waals surface area contributed by atoms with Crippen LogP contribution in [-0.2, 0) is 0 Å². The Morgan fingerprint density at radius 2 is 1.26 bits per heavy atom. The molecule has 4 heteroatoms. The Hall–Kier alpha value is -2.36. The highest BCUT2D eigenvalue weighted by Crippen LogP contribution is 2.42. The summed E-state index contributed by atoms with van der Waals surface area (Å²) < 4.78 is 0. The molecule has 2 aromatic carbocycles. The Kier molecular flexibility index (Phi) is 12.3. The van der Waals surface area contributed by atoms with Crippen LogP contribution in [0.1, 0.15) is 155 Å². The lowest BCUT2D eigenvalue weighted by molar-refractivity contribution is 0.0683. The van der Waals surface area contributed by atoms with Gasteiger partial charge in [0.25, 0.3) is 0 Å². The van der Waals surface area contributed by atoms with E-state index in [2.05, 4.69) is 13.8 Å². The van der Waals surface area contributed by atoms with Gasteiger partial charge in [0.1, 0.15) is 0 Å². The molecule has 1 fully saturated rings. The number of aromatic carboxylic acids is 2. The number of carbonyl (C=O) groups is 2. The monoisotopic (exact) mass is 482 g/mol. The molecule has 0 aliphatic heterocycles. The van der Waals surface area contributed by atoms with Gasteiger partial charge in [-0.05, 0) is 71.6 Å². The summed E-state index contributed by atoms with van der Waals surface area (Å²) in [6.07, 6.45) is 14.1. The molecule has 0 atom stereocenters. The molecule has 0 aromatic heterocycles. The quantitative estimate of drug-likeness (QED) is 0.353. The Balaban J connectivity index is 0.00000210. The molecule has 0 radical (unpaired) electrons. The minimum absolute atomic E-state index is 0.181. The van der Waals surface area contributed by atoms with Crippen LogP contribution in [0.3, 0.4) is 0 Å². The number of rotatable bonds is 10. The SMILES string of the molecule is CC.CCCCC(CCCC)c1c(C(=O)O)ccc2c(C3CCCCCCC3)c(C(=O)O)ccc12. The molecule has 0 unspecified atom stereocenters. The molecule has 194 valence electrons. The molecule has 2 aromatic rings.